The number of nitriles is 1. The molecule has 1 aliphatic rings. The number of aromatic nitrogens is 3. The van der Waals surface area contributed by atoms with Crippen molar-refractivity contribution >= 4 is 34.0 Å². The molecule has 0 saturated carbocycles. The lowest BCUT2D eigenvalue weighted by atomic mass is 9.85. The van der Waals surface area contributed by atoms with Gasteiger partial charge in [-0.05, 0) is 49.5 Å². The fraction of sp³-hybridized carbons (Fsp3) is 0.250. The van der Waals surface area contributed by atoms with E-state index in [9.17, 15) is 10.1 Å². The number of nitrogens with one attached hydrogen (secondary N) is 1. The highest BCUT2D eigenvalue weighted by molar-refractivity contribution is 6.05. The zero-order chi connectivity index (χ0) is 22.1. The van der Waals surface area contributed by atoms with Gasteiger partial charge in [-0.3, -0.25) is 4.79 Å². The molecule has 7 nitrogen and oxygen atoms in total. The van der Waals surface area contributed by atoms with Gasteiger partial charge in [0.05, 0.1) is 23.1 Å². The zero-order valence-corrected chi connectivity index (χ0v) is 17.6. The Morgan fingerprint density at radius 2 is 2.06 bits per heavy atom. The SMILES string of the molecule is C=C(C)C(=O)Nc1ccc(-c2c(C3=CCC(C#N)CC3)c3c(N)ncnc3n2C)cc1. The Kier molecular flexibility index (Phi) is 5.30. The summed E-state index contributed by atoms with van der Waals surface area (Å²) in [5.74, 6) is 0.281. The van der Waals surface area contributed by atoms with Crippen molar-refractivity contribution in [3.8, 4) is 17.3 Å². The molecule has 0 radical (unpaired) electrons. The summed E-state index contributed by atoms with van der Waals surface area (Å²) in [4.78, 5) is 20.6. The molecule has 4 rings (SSSR count). The summed E-state index contributed by atoms with van der Waals surface area (Å²) in [7, 11) is 1.96. The maximum atomic E-state index is 11.9. The summed E-state index contributed by atoms with van der Waals surface area (Å²) in [6.07, 6.45) is 5.95. The Hall–Kier alpha value is -3.92. The molecule has 0 spiro atoms. The minimum absolute atomic E-state index is 0.0481. The molecule has 3 aromatic rings. The number of hydrogen-bond donors (Lipinski definition) is 2. The maximum absolute atomic E-state index is 11.9. The van der Waals surface area contributed by atoms with E-state index < -0.39 is 0 Å². The van der Waals surface area contributed by atoms with Crippen LogP contribution in [0.4, 0.5) is 11.5 Å². The molecule has 31 heavy (non-hydrogen) atoms. The van der Waals surface area contributed by atoms with Gasteiger partial charge in [0.2, 0.25) is 0 Å². The average Bonchev–Trinajstić information content (AvgIpc) is 3.08. The second kappa shape index (κ2) is 8.07. The van der Waals surface area contributed by atoms with Crippen LogP contribution in [0.3, 0.4) is 0 Å². The summed E-state index contributed by atoms with van der Waals surface area (Å²) in [6.45, 7) is 5.34. The van der Waals surface area contributed by atoms with Gasteiger partial charge in [-0.25, -0.2) is 9.97 Å². The predicted molar refractivity (Wildman–Crippen MR) is 123 cm³/mol. The van der Waals surface area contributed by atoms with E-state index in [4.69, 9.17) is 5.73 Å². The summed E-state index contributed by atoms with van der Waals surface area (Å²) >= 11 is 0. The van der Waals surface area contributed by atoms with Crippen molar-refractivity contribution in [1.29, 1.82) is 5.26 Å². The van der Waals surface area contributed by atoms with Crippen LogP contribution < -0.4 is 11.1 Å². The van der Waals surface area contributed by atoms with Gasteiger partial charge in [-0.15, -0.1) is 0 Å². The van der Waals surface area contributed by atoms with E-state index in [0.29, 0.717) is 17.1 Å². The zero-order valence-electron chi connectivity index (χ0n) is 17.6. The smallest absolute Gasteiger partial charge is 0.250 e. The van der Waals surface area contributed by atoms with Gasteiger partial charge in [0.25, 0.3) is 5.91 Å². The maximum Gasteiger partial charge on any atom is 0.250 e. The molecule has 0 aliphatic heterocycles. The van der Waals surface area contributed by atoms with Crippen LogP contribution in [0.1, 0.15) is 31.7 Å². The van der Waals surface area contributed by atoms with Gasteiger partial charge < -0.3 is 15.6 Å². The fourth-order valence-corrected chi connectivity index (χ4v) is 4.05. The van der Waals surface area contributed by atoms with Crippen molar-refractivity contribution in [2.24, 2.45) is 13.0 Å². The second-order valence-electron chi connectivity index (χ2n) is 7.88. The molecule has 0 bridgehead atoms. The summed E-state index contributed by atoms with van der Waals surface area (Å²) in [5.41, 5.74) is 12.3. The van der Waals surface area contributed by atoms with Crippen molar-refractivity contribution < 1.29 is 4.79 Å². The number of allylic oxidation sites excluding steroid dienone is 2. The van der Waals surface area contributed by atoms with Crippen LogP contribution in [-0.4, -0.2) is 20.4 Å². The Bertz CT molecular complexity index is 1260. The van der Waals surface area contributed by atoms with Crippen molar-refractivity contribution in [3.63, 3.8) is 0 Å². The Morgan fingerprint density at radius 1 is 1.32 bits per heavy atom. The number of amides is 1. The highest BCUT2D eigenvalue weighted by Crippen LogP contribution is 2.42. The number of hydrogen-bond acceptors (Lipinski definition) is 5. The first-order valence-corrected chi connectivity index (χ1v) is 10.2. The number of fused-ring (bicyclic) bond motifs is 1. The van der Waals surface area contributed by atoms with Gasteiger partial charge in [0, 0.05) is 23.9 Å². The third-order valence-corrected chi connectivity index (χ3v) is 5.71. The average molecular weight is 412 g/mol. The number of benzene rings is 1. The number of carbonyl (C=O) groups excluding carboxylic acids is 1. The summed E-state index contributed by atoms with van der Waals surface area (Å²) in [6, 6.07) is 10.0. The number of rotatable bonds is 4. The minimum atomic E-state index is -0.208. The lowest BCUT2D eigenvalue weighted by molar-refractivity contribution is -0.112. The monoisotopic (exact) mass is 412 g/mol. The molecule has 0 fully saturated rings. The van der Waals surface area contributed by atoms with E-state index in [0.717, 1.165) is 52.7 Å². The van der Waals surface area contributed by atoms with Crippen molar-refractivity contribution in [1.82, 2.24) is 14.5 Å². The van der Waals surface area contributed by atoms with Crippen molar-refractivity contribution in [3.05, 3.63) is 54.4 Å². The molecule has 1 aromatic carbocycles. The normalized spacial score (nSPS) is 15.9. The standard InChI is InChI=1S/C24H24N6O/c1-14(2)24(31)29-18-10-8-17(9-11-18)21-19(16-6-4-15(12-25)5-7-16)20-22(26)27-13-28-23(20)30(21)3/h6,8-11,13,15H,1,4-5,7H2,2-3H3,(H,29,31)(H2,26,27,28). The lowest BCUT2D eigenvalue weighted by Crippen LogP contribution is -2.11. The molecule has 1 atom stereocenters. The molecule has 1 unspecified atom stereocenters. The minimum Gasteiger partial charge on any atom is -0.383 e. The quantitative estimate of drug-likeness (QED) is 0.616. The molecule has 7 heteroatoms. The Labute approximate surface area is 180 Å². The van der Waals surface area contributed by atoms with E-state index in [2.05, 4.69) is 34.0 Å². The molecule has 0 saturated heterocycles. The van der Waals surface area contributed by atoms with Crippen LogP contribution in [0, 0.1) is 17.2 Å². The van der Waals surface area contributed by atoms with E-state index >= 15 is 0 Å². The molecule has 2 heterocycles. The fourth-order valence-electron chi connectivity index (χ4n) is 4.05. The van der Waals surface area contributed by atoms with Crippen LogP contribution in [0.5, 0.6) is 0 Å². The molecular weight excluding hydrogens is 388 g/mol. The van der Waals surface area contributed by atoms with Gasteiger partial charge in [0.15, 0.2) is 0 Å². The Morgan fingerprint density at radius 3 is 2.68 bits per heavy atom. The molecule has 1 aliphatic carbocycles. The van der Waals surface area contributed by atoms with Crippen LogP contribution in [0.25, 0.3) is 27.9 Å². The summed E-state index contributed by atoms with van der Waals surface area (Å²) in [5, 5.41) is 12.9. The Balaban J connectivity index is 1.85. The number of nitrogens with zero attached hydrogens (tertiary/aromatic N) is 4. The van der Waals surface area contributed by atoms with E-state index in [1.807, 2.05) is 35.9 Å². The van der Waals surface area contributed by atoms with Crippen molar-refractivity contribution in [2.75, 3.05) is 11.1 Å². The third-order valence-electron chi connectivity index (χ3n) is 5.71. The second-order valence-corrected chi connectivity index (χ2v) is 7.88. The van der Waals surface area contributed by atoms with Crippen LogP contribution in [-0.2, 0) is 11.8 Å². The molecule has 3 N–H and O–H groups in total. The third kappa shape index (κ3) is 3.68. The molecule has 1 amide bonds. The number of nitrogen functional groups attached to an aromatic ring is 1. The molecular formula is C24H24N6O. The lowest BCUT2D eigenvalue weighted by Gasteiger charge is -2.18. The van der Waals surface area contributed by atoms with Gasteiger partial charge >= 0.3 is 0 Å². The first-order valence-electron chi connectivity index (χ1n) is 10.2. The number of nitrogens with two attached hydrogens (primary N) is 1. The number of aryl methyl sites for hydroxylation is 1. The topological polar surface area (TPSA) is 110 Å². The first kappa shape index (κ1) is 20.4. The summed E-state index contributed by atoms with van der Waals surface area (Å²) < 4.78 is 2.03. The number of anilines is 2. The molecule has 156 valence electrons. The van der Waals surface area contributed by atoms with Crippen LogP contribution in [0.15, 0.2) is 48.8 Å². The molecule has 2 aromatic heterocycles. The predicted octanol–water partition coefficient (Wildman–Crippen LogP) is 4.44. The highest BCUT2D eigenvalue weighted by Gasteiger charge is 2.25. The van der Waals surface area contributed by atoms with E-state index in [-0.39, 0.29) is 11.8 Å². The van der Waals surface area contributed by atoms with Gasteiger partial charge in [-0.2, -0.15) is 5.26 Å². The van der Waals surface area contributed by atoms with Crippen LogP contribution >= 0.6 is 0 Å². The largest absolute Gasteiger partial charge is 0.383 e. The van der Waals surface area contributed by atoms with Crippen LogP contribution in [0.2, 0.25) is 0 Å². The van der Waals surface area contributed by atoms with E-state index in [1.54, 1.807) is 6.92 Å². The van der Waals surface area contributed by atoms with Crippen molar-refractivity contribution in [2.45, 2.75) is 26.2 Å². The first-order chi connectivity index (χ1) is 14.9. The highest BCUT2D eigenvalue weighted by atomic mass is 16.1. The van der Waals surface area contributed by atoms with Gasteiger partial charge in [-0.1, -0.05) is 24.8 Å². The van der Waals surface area contributed by atoms with E-state index in [1.165, 1.54) is 6.33 Å². The number of carbonyl (C=O) groups is 1. The van der Waals surface area contributed by atoms with Gasteiger partial charge in [0.1, 0.15) is 17.8 Å².